The molecule has 0 bridgehead atoms. The molecule has 2 aromatic heterocycles. The first-order chi connectivity index (χ1) is 11.6. The SMILES string of the molecule is CC1(O)CC2(C1)O[C@@H](n1cnc3c(N)ncnc31)C[C@@H]2OC(C)(C)O. The van der Waals surface area contributed by atoms with Crippen molar-refractivity contribution in [1.29, 1.82) is 0 Å². The molecule has 9 heteroatoms. The van der Waals surface area contributed by atoms with E-state index in [0.717, 1.165) is 0 Å². The highest BCUT2D eigenvalue weighted by Crippen LogP contribution is 2.55. The third-order valence-corrected chi connectivity index (χ3v) is 4.86. The zero-order valence-corrected chi connectivity index (χ0v) is 14.5. The van der Waals surface area contributed by atoms with E-state index in [0.29, 0.717) is 36.2 Å². The minimum absolute atomic E-state index is 0.312. The molecule has 2 atom stereocenters. The minimum atomic E-state index is -1.29. The lowest BCUT2D eigenvalue weighted by molar-refractivity contribution is -0.278. The highest BCUT2D eigenvalue weighted by Gasteiger charge is 2.62. The van der Waals surface area contributed by atoms with E-state index in [4.69, 9.17) is 15.2 Å². The van der Waals surface area contributed by atoms with Crippen molar-refractivity contribution in [2.75, 3.05) is 5.73 Å². The first kappa shape index (κ1) is 16.6. The number of imidazole rings is 1. The maximum atomic E-state index is 10.2. The Kier molecular flexibility index (Phi) is 3.40. The molecular formula is C16H23N5O4. The number of hydrogen-bond acceptors (Lipinski definition) is 8. The molecule has 9 nitrogen and oxygen atoms in total. The molecule has 0 radical (unpaired) electrons. The molecule has 1 saturated carbocycles. The summed E-state index contributed by atoms with van der Waals surface area (Å²) in [6.07, 6.45) is 3.69. The number of hydrogen-bond donors (Lipinski definition) is 3. The molecular weight excluding hydrogens is 326 g/mol. The standard InChI is InChI=1S/C16H23N5O4/c1-14(2,22)24-9-4-10(25-16(9)5-15(3,23)6-16)21-8-20-11-12(17)18-7-19-13(11)21/h7-10,22-23H,4-6H2,1-3H3,(H2,17,18,19)/t9-,10+,15?,16?/m0/s1. The van der Waals surface area contributed by atoms with Crippen LogP contribution in [0.25, 0.3) is 11.2 Å². The summed E-state index contributed by atoms with van der Waals surface area (Å²) in [5, 5.41) is 20.3. The summed E-state index contributed by atoms with van der Waals surface area (Å²) in [5.41, 5.74) is 5.53. The lowest BCUT2D eigenvalue weighted by atomic mass is 9.66. The molecule has 1 saturated heterocycles. The van der Waals surface area contributed by atoms with E-state index >= 15 is 0 Å². The second kappa shape index (κ2) is 5.10. The Hall–Kier alpha value is -1.81. The minimum Gasteiger partial charge on any atom is -0.390 e. The van der Waals surface area contributed by atoms with Crippen molar-refractivity contribution in [3.05, 3.63) is 12.7 Å². The van der Waals surface area contributed by atoms with Crippen molar-refractivity contribution >= 4 is 17.0 Å². The average molecular weight is 349 g/mol. The lowest BCUT2D eigenvalue weighted by Crippen LogP contribution is -2.61. The third kappa shape index (κ3) is 2.77. The summed E-state index contributed by atoms with van der Waals surface area (Å²) in [6.45, 7) is 4.95. The van der Waals surface area contributed by atoms with Crippen LogP contribution in [0.5, 0.6) is 0 Å². The fourth-order valence-electron chi connectivity index (χ4n) is 4.10. The van der Waals surface area contributed by atoms with Crippen molar-refractivity contribution in [3.63, 3.8) is 0 Å². The molecule has 4 rings (SSSR count). The van der Waals surface area contributed by atoms with Crippen LogP contribution in [0.15, 0.2) is 12.7 Å². The Balaban J connectivity index is 1.67. The van der Waals surface area contributed by atoms with Gasteiger partial charge in [0, 0.05) is 19.3 Å². The predicted octanol–water partition coefficient (Wildman–Crippen LogP) is 0.725. The van der Waals surface area contributed by atoms with Crippen molar-refractivity contribution in [3.8, 4) is 0 Å². The van der Waals surface area contributed by atoms with Crippen LogP contribution in [0.4, 0.5) is 5.82 Å². The first-order valence-corrected chi connectivity index (χ1v) is 8.32. The summed E-state index contributed by atoms with van der Waals surface area (Å²) in [5.74, 6) is -0.978. The van der Waals surface area contributed by atoms with E-state index in [-0.39, 0.29) is 12.3 Å². The largest absolute Gasteiger partial charge is 0.390 e. The van der Waals surface area contributed by atoms with Crippen LogP contribution >= 0.6 is 0 Å². The van der Waals surface area contributed by atoms with Crippen LogP contribution in [0.3, 0.4) is 0 Å². The Morgan fingerprint density at radius 2 is 2.08 bits per heavy atom. The molecule has 0 aromatic carbocycles. The van der Waals surface area contributed by atoms with Gasteiger partial charge in [0.1, 0.15) is 23.7 Å². The number of ether oxygens (including phenoxy) is 2. The quantitative estimate of drug-likeness (QED) is 0.692. The second-order valence-corrected chi connectivity index (χ2v) is 7.86. The van der Waals surface area contributed by atoms with Crippen LogP contribution < -0.4 is 5.73 Å². The van der Waals surface area contributed by atoms with Crippen LogP contribution in [0.1, 0.15) is 46.3 Å². The molecule has 2 aliphatic rings. The number of nitrogens with two attached hydrogens (primary N) is 1. The highest BCUT2D eigenvalue weighted by molar-refractivity contribution is 5.81. The Morgan fingerprint density at radius 1 is 1.36 bits per heavy atom. The molecule has 4 N–H and O–H groups in total. The Morgan fingerprint density at radius 3 is 2.72 bits per heavy atom. The summed E-state index contributed by atoms with van der Waals surface area (Å²) in [7, 11) is 0. The van der Waals surface area contributed by atoms with Gasteiger partial charge in [0.15, 0.2) is 17.3 Å². The van der Waals surface area contributed by atoms with Gasteiger partial charge in [-0.15, -0.1) is 0 Å². The van der Waals surface area contributed by atoms with E-state index in [9.17, 15) is 10.2 Å². The fourth-order valence-corrected chi connectivity index (χ4v) is 4.10. The number of nitrogens with zero attached hydrogens (tertiary/aromatic N) is 4. The number of anilines is 1. The summed E-state index contributed by atoms with van der Waals surface area (Å²) < 4.78 is 13.9. The third-order valence-electron chi connectivity index (χ3n) is 4.86. The van der Waals surface area contributed by atoms with Gasteiger partial charge in [0.2, 0.25) is 0 Å². The summed E-state index contributed by atoms with van der Waals surface area (Å²) in [6, 6.07) is 0. The van der Waals surface area contributed by atoms with Crippen LogP contribution in [-0.2, 0) is 9.47 Å². The normalized spacial score (nSPS) is 35.4. The van der Waals surface area contributed by atoms with Crippen molar-refractivity contribution < 1.29 is 19.7 Å². The molecule has 2 fully saturated rings. The summed E-state index contributed by atoms with van der Waals surface area (Å²) in [4.78, 5) is 12.5. The highest BCUT2D eigenvalue weighted by atomic mass is 16.7. The molecule has 1 aliphatic heterocycles. The molecule has 1 aliphatic carbocycles. The fraction of sp³-hybridized carbons (Fsp3) is 0.688. The van der Waals surface area contributed by atoms with E-state index in [1.807, 2.05) is 0 Å². The Bertz CT molecular complexity index is 804. The molecule has 2 aromatic rings. The zero-order valence-electron chi connectivity index (χ0n) is 14.5. The molecule has 3 heterocycles. The number of nitrogen functional groups attached to an aromatic ring is 1. The maximum Gasteiger partial charge on any atom is 0.167 e. The van der Waals surface area contributed by atoms with E-state index in [1.165, 1.54) is 6.33 Å². The number of fused-ring (bicyclic) bond motifs is 1. The topological polar surface area (TPSA) is 129 Å². The average Bonchev–Trinajstić information content (AvgIpc) is 2.99. The van der Waals surface area contributed by atoms with Gasteiger partial charge >= 0.3 is 0 Å². The van der Waals surface area contributed by atoms with E-state index < -0.39 is 17.0 Å². The molecule has 0 amide bonds. The van der Waals surface area contributed by atoms with Gasteiger partial charge in [-0.05, 0) is 20.8 Å². The number of aromatic nitrogens is 4. The first-order valence-electron chi connectivity index (χ1n) is 8.32. The monoisotopic (exact) mass is 349 g/mol. The van der Waals surface area contributed by atoms with E-state index in [1.54, 1.807) is 31.7 Å². The molecule has 25 heavy (non-hydrogen) atoms. The summed E-state index contributed by atoms with van der Waals surface area (Å²) >= 11 is 0. The van der Waals surface area contributed by atoms with Gasteiger partial charge in [0.05, 0.1) is 18.0 Å². The Labute approximate surface area is 144 Å². The van der Waals surface area contributed by atoms with Crippen LogP contribution in [0.2, 0.25) is 0 Å². The maximum absolute atomic E-state index is 10.2. The number of rotatable bonds is 3. The predicted molar refractivity (Wildman–Crippen MR) is 88.2 cm³/mol. The zero-order chi connectivity index (χ0) is 18.0. The van der Waals surface area contributed by atoms with Gasteiger partial charge in [-0.1, -0.05) is 0 Å². The number of aliphatic hydroxyl groups is 2. The van der Waals surface area contributed by atoms with Crippen LogP contribution in [0, 0.1) is 0 Å². The van der Waals surface area contributed by atoms with Crippen molar-refractivity contribution in [1.82, 2.24) is 19.5 Å². The van der Waals surface area contributed by atoms with E-state index in [2.05, 4.69) is 15.0 Å². The van der Waals surface area contributed by atoms with Gasteiger partial charge in [-0.2, -0.15) is 0 Å². The molecule has 1 spiro atoms. The smallest absolute Gasteiger partial charge is 0.167 e. The molecule has 0 unspecified atom stereocenters. The van der Waals surface area contributed by atoms with Crippen LogP contribution in [-0.4, -0.2) is 52.8 Å². The van der Waals surface area contributed by atoms with Crippen molar-refractivity contribution in [2.24, 2.45) is 0 Å². The van der Waals surface area contributed by atoms with Gasteiger partial charge in [0.25, 0.3) is 0 Å². The van der Waals surface area contributed by atoms with Gasteiger partial charge in [-0.3, -0.25) is 4.57 Å². The second-order valence-electron chi connectivity index (χ2n) is 7.86. The van der Waals surface area contributed by atoms with Crippen molar-refractivity contribution in [2.45, 2.75) is 69.4 Å². The lowest BCUT2D eigenvalue weighted by Gasteiger charge is -2.52. The van der Waals surface area contributed by atoms with Gasteiger partial charge in [-0.25, -0.2) is 15.0 Å². The molecule has 136 valence electrons. The van der Waals surface area contributed by atoms with Gasteiger partial charge < -0.3 is 25.4 Å².